The molecule has 0 bridgehead atoms. The minimum atomic E-state index is -0.534. The molecule has 1 aliphatic rings. The normalized spacial score (nSPS) is 24.9. The number of imide groups is 1. The molecule has 0 aromatic carbocycles. The predicted molar refractivity (Wildman–Crippen MR) is 35.4 cm³/mol. The maximum absolute atomic E-state index is 10.9. The SMILES string of the molecule is NCCC1CC(=O)N(O)C1=O. The van der Waals surface area contributed by atoms with E-state index in [4.69, 9.17) is 10.9 Å². The van der Waals surface area contributed by atoms with E-state index in [2.05, 4.69) is 0 Å². The van der Waals surface area contributed by atoms with Crippen LogP contribution >= 0.6 is 0 Å². The molecular weight excluding hydrogens is 148 g/mol. The van der Waals surface area contributed by atoms with E-state index in [0.29, 0.717) is 13.0 Å². The second-order valence-electron chi connectivity index (χ2n) is 2.52. The van der Waals surface area contributed by atoms with E-state index in [1.165, 1.54) is 0 Å². The van der Waals surface area contributed by atoms with Crippen LogP contribution in [0, 0.1) is 5.92 Å². The van der Waals surface area contributed by atoms with E-state index in [-0.39, 0.29) is 11.5 Å². The van der Waals surface area contributed by atoms with Gasteiger partial charge in [-0.3, -0.25) is 14.8 Å². The minimum absolute atomic E-state index is 0.0898. The van der Waals surface area contributed by atoms with Crippen molar-refractivity contribution in [2.24, 2.45) is 11.7 Å². The van der Waals surface area contributed by atoms with Crippen LogP contribution in [-0.4, -0.2) is 28.6 Å². The second kappa shape index (κ2) is 2.98. The number of carbonyl (C=O) groups excluding carboxylic acids is 2. The molecule has 1 rings (SSSR count). The molecule has 1 unspecified atom stereocenters. The average Bonchev–Trinajstić information content (AvgIpc) is 2.19. The number of hydroxylamine groups is 2. The van der Waals surface area contributed by atoms with Crippen LogP contribution in [0.3, 0.4) is 0 Å². The maximum Gasteiger partial charge on any atom is 0.256 e. The number of amides is 2. The molecule has 62 valence electrons. The van der Waals surface area contributed by atoms with Gasteiger partial charge in [-0.15, -0.1) is 0 Å². The van der Waals surface area contributed by atoms with Crippen LogP contribution in [-0.2, 0) is 9.59 Å². The van der Waals surface area contributed by atoms with E-state index in [1.807, 2.05) is 0 Å². The Labute approximate surface area is 63.7 Å². The molecule has 1 saturated heterocycles. The van der Waals surface area contributed by atoms with Gasteiger partial charge in [0.2, 0.25) is 0 Å². The van der Waals surface area contributed by atoms with Gasteiger partial charge in [0.15, 0.2) is 0 Å². The summed E-state index contributed by atoms with van der Waals surface area (Å²) in [6.07, 6.45) is 0.550. The molecule has 0 aliphatic carbocycles. The molecular formula is C6H10N2O3. The molecule has 3 N–H and O–H groups in total. The van der Waals surface area contributed by atoms with Gasteiger partial charge in [-0.25, -0.2) is 0 Å². The van der Waals surface area contributed by atoms with Gasteiger partial charge in [0.1, 0.15) is 0 Å². The molecule has 5 nitrogen and oxygen atoms in total. The first-order valence-corrected chi connectivity index (χ1v) is 3.42. The van der Waals surface area contributed by atoms with Crippen molar-refractivity contribution in [1.82, 2.24) is 5.06 Å². The van der Waals surface area contributed by atoms with Crippen LogP contribution in [0.15, 0.2) is 0 Å². The lowest BCUT2D eigenvalue weighted by Crippen LogP contribution is -2.27. The summed E-state index contributed by atoms with van der Waals surface area (Å²) in [6, 6.07) is 0. The predicted octanol–water partition coefficient (Wildman–Crippen LogP) is -0.901. The van der Waals surface area contributed by atoms with Gasteiger partial charge in [-0.1, -0.05) is 0 Å². The highest BCUT2D eigenvalue weighted by Crippen LogP contribution is 2.19. The number of hydrogen-bond donors (Lipinski definition) is 2. The van der Waals surface area contributed by atoms with Crippen LogP contribution in [0.25, 0.3) is 0 Å². The van der Waals surface area contributed by atoms with Gasteiger partial charge in [0.05, 0.1) is 5.92 Å². The van der Waals surface area contributed by atoms with Gasteiger partial charge >= 0.3 is 0 Å². The van der Waals surface area contributed by atoms with Crippen molar-refractivity contribution < 1.29 is 14.8 Å². The third-order valence-electron chi connectivity index (χ3n) is 1.73. The molecule has 1 aliphatic heterocycles. The Kier molecular flexibility index (Phi) is 2.21. The number of hydrogen-bond acceptors (Lipinski definition) is 4. The van der Waals surface area contributed by atoms with Crippen LogP contribution in [0.5, 0.6) is 0 Å². The Bertz CT molecular complexity index is 192. The first kappa shape index (κ1) is 8.16. The van der Waals surface area contributed by atoms with E-state index in [1.54, 1.807) is 0 Å². The summed E-state index contributed by atoms with van der Waals surface area (Å²) in [7, 11) is 0. The van der Waals surface area contributed by atoms with E-state index in [9.17, 15) is 9.59 Å². The van der Waals surface area contributed by atoms with Crippen LogP contribution < -0.4 is 5.73 Å². The maximum atomic E-state index is 10.9. The van der Waals surface area contributed by atoms with E-state index < -0.39 is 17.7 Å². The zero-order chi connectivity index (χ0) is 8.43. The van der Waals surface area contributed by atoms with Crippen molar-refractivity contribution in [1.29, 1.82) is 0 Å². The third kappa shape index (κ3) is 1.38. The topological polar surface area (TPSA) is 83.6 Å². The summed E-state index contributed by atoms with van der Waals surface area (Å²) in [5.41, 5.74) is 5.20. The quantitative estimate of drug-likeness (QED) is 0.403. The molecule has 0 radical (unpaired) electrons. The smallest absolute Gasteiger partial charge is 0.256 e. The van der Waals surface area contributed by atoms with Crippen molar-refractivity contribution in [2.45, 2.75) is 12.8 Å². The molecule has 2 amide bonds. The van der Waals surface area contributed by atoms with Crippen molar-refractivity contribution in [3.63, 3.8) is 0 Å². The number of rotatable bonds is 2. The lowest BCUT2D eigenvalue weighted by atomic mass is 10.0. The highest BCUT2D eigenvalue weighted by molar-refractivity contribution is 6.02. The summed E-state index contributed by atoms with van der Waals surface area (Å²) in [5.74, 6) is -1.47. The molecule has 1 atom stereocenters. The highest BCUT2D eigenvalue weighted by atomic mass is 16.5. The lowest BCUT2D eigenvalue weighted by molar-refractivity contribution is -0.172. The summed E-state index contributed by atoms with van der Waals surface area (Å²) < 4.78 is 0. The molecule has 0 saturated carbocycles. The van der Waals surface area contributed by atoms with E-state index >= 15 is 0 Å². The molecule has 1 fully saturated rings. The first-order chi connectivity index (χ1) is 5.16. The van der Waals surface area contributed by atoms with Crippen LogP contribution in [0.4, 0.5) is 0 Å². The lowest BCUT2D eigenvalue weighted by Gasteiger charge is -2.04. The number of nitrogens with two attached hydrogens (primary N) is 1. The third-order valence-corrected chi connectivity index (χ3v) is 1.73. The molecule has 0 aromatic heterocycles. The summed E-state index contributed by atoms with van der Waals surface area (Å²) in [4.78, 5) is 21.6. The fourth-order valence-corrected chi connectivity index (χ4v) is 1.11. The van der Waals surface area contributed by atoms with Crippen molar-refractivity contribution in [3.05, 3.63) is 0 Å². The fourth-order valence-electron chi connectivity index (χ4n) is 1.11. The number of nitrogens with zero attached hydrogens (tertiary/aromatic N) is 1. The van der Waals surface area contributed by atoms with Crippen molar-refractivity contribution >= 4 is 11.8 Å². The first-order valence-electron chi connectivity index (χ1n) is 3.42. The second-order valence-corrected chi connectivity index (χ2v) is 2.52. The Morgan fingerprint density at radius 1 is 1.64 bits per heavy atom. The van der Waals surface area contributed by atoms with Gasteiger partial charge < -0.3 is 5.73 Å². The van der Waals surface area contributed by atoms with Crippen LogP contribution in [0.2, 0.25) is 0 Å². The van der Waals surface area contributed by atoms with Crippen molar-refractivity contribution in [2.75, 3.05) is 6.54 Å². The fraction of sp³-hybridized carbons (Fsp3) is 0.667. The highest BCUT2D eigenvalue weighted by Gasteiger charge is 2.37. The van der Waals surface area contributed by atoms with Gasteiger partial charge in [0, 0.05) is 6.42 Å². The van der Waals surface area contributed by atoms with E-state index in [0.717, 1.165) is 0 Å². The number of carbonyl (C=O) groups is 2. The van der Waals surface area contributed by atoms with Crippen LogP contribution in [0.1, 0.15) is 12.8 Å². The Hall–Kier alpha value is -0.940. The molecule has 0 spiro atoms. The van der Waals surface area contributed by atoms with Gasteiger partial charge in [-0.05, 0) is 13.0 Å². The standard InChI is InChI=1S/C6H10N2O3/c7-2-1-4-3-5(9)8(11)6(4)10/h4,11H,1-3,7H2. The van der Waals surface area contributed by atoms with Crippen molar-refractivity contribution in [3.8, 4) is 0 Å². The molecule has 0 aromatic rings. The Morgan fingerprint density at radius 3 is 2.64 bits per heavy atom. The van der Waals surface area contributed by atoms with Gasteiger partial charge in [-0.2, -0.15) is 5.06 Å². The minimum Gasteiger partial charge on any atom is -0.330 e. The monoisotopic (exact) mass is 158 g/mol. The summed E-state index contributed by atoms with van der Waals surface area (Å²) in [5, 5.41) is 8.94. The zero-order valence-corrected chi connectivity index (χ0v) is 5.99. The summed E-state index contributed by atoms with van der Waals surface area (Å²) >= 11 is 0. The Balaban J connectivity index is 2.60. The zero-order valence-electron chi connectivity index (χ0n) is 5.99. The Morgan fingerprint density at radius 2 is 2.27 bits per heavy atom. The largest absolute Gasteiger partial charge is 0.330 e. The van der Waals surface area contributed by atoms with Gasteiger partial charge in [0.25, 0.3) is 11.8 Å². The average molecular weight is 158 g/mol. The molecule has 5 heteroatoms. The summed E-state index contributed by atoms with van der Waals surface area (Å²) in [6.45, 7) is 0.359. The molecule has 1 heterocycles. The molecule has 11 heavy (non-hydrogen) atoms.